The maximum Gasteiger partial charge on any atom is 0.254 e. The monoisotopic (exact) mass is 296 g/mol. The van der Waals surface area contributed by atoms with E-state index in [4.69, 9.17) is 17.3 Å². The van der Waals surface area contributed by atoms with Gasteiger partial charge in [-0.2, -0.15) is 0 Å². The van der Waals surface area contributed by atoms with E-state index in [2.05, 4.69) is 0 Å². The van der Waals surface area contributed by atoms with Crippen molar-refractivity contribution in [3.63, 3.8) is 0 Å². The summed E-state index contributed by atoms with van der Waals surface area (Å²) in [5.41, 5.74) is 6.32. The van der Waals surface area contributed by atoms with Gasteiger partial charge in [0.25, 0.3) is 5.91 Å². The van der Waals surface area contributed by atoms with Gasteiger partial charge in [0.05, 0.1) is 5.02 Å². The highest BCUT2D eigenvalue weighted by molar-refractivity contribution is 6.32. The molecule has 1 aliphatic rings. The summed E-state index contributed by atoms with van der Waals surface area (Å²) in [6.45, 7) is 3.25. The Kier molecular flexibility index (Phi) is 4.89. The van der Waals surface area contributed by atoms with Gasteiger partial charge in [0.2, 0.25) is 0 Å². The van der Waals surface area contributed by atoms with Gasteiger partial charge in [0.15, 0.2) is 0 Å². The second-order valence-corrected chi connectivity index (χ2v) is 5.66. The first-order valence-electron chi connectivity index (χ1n) is 7.08. The van der Waals surface area contributed by atoms with Crippen LogP contribution in [0.3, 0.4) is 0 Å². The molecule has 0 bridgehead atoms. The molecule has 0 aliphatic heterocycles. The van der Waals surface area contributed by atoms with Crippen molar-refractivity contribution in [2.45, 2.75) is 32.2 Å². The molecule has 2 rings (SSSR count). The summed E-state index contributed by atoms with van der Waals surface area (Å²) in [7, 11) is 0. The van der Waals surface area contributed by atoms with Gasteiger partial charge in [-0.05, 0) is 50.4 Å². The normalized spacial score (nSPS) is 21.9. The zero-order valence-corrected chi connectivity index (χ0v) is 12.4. The maximum absolute atomic E-state index is 12.6. The van der Waals surface area contributed by atoms with Crippen LogP contribution in [-0.2, 0) is 0 Å². The minimum Gasteiger partial charge on any atom is -0.506 e. The van der Waals surface area contributed by atoms with Crippen molar-refractivity contribution in [1.29, 1.82) is 0 Å². The maximum atomic E-state index is 12.6. The fraction of sp³-hybridized carbons (Fsp3) is 0.533. The molecule has 2 unspecified atom stereocenters. The fourth-order valence-electron chi connectivity index (χ4n) is 3.04. The van der Waals surface area contributed by atoms with E-state index in [1.165, 1.54) is 12.1 Å². The zero-order chi connectivity index (χ0) is 14.7. The third-order valence-corrected chi connectivity index (χ3v) is 4.42. The van der Waals surface area contributed by atoms with Crippen molar-refractivity contribution in [2.24, 2.45) is 11.7 Å². The Balaban J connectivity index is 2.22. The van der Waals surface area contributed by atoms with Gasteiger partial charge in [-0.1, -0.05) is 18.0 Å². The molecular formula is C15H21ClN2O2. The van der Waals surface area contributed by atoms with Crippen LogP contribution in [0.1, 0.15) is 36.5 Å². The molecule has 0 heterocycles. The molecule has 5 heteroatoms. The number of phenolic OH excluding ortho intramolecular Hbond substituents is 1. The van der Waals surface area contributed by atoms with Crippen molar-refractivity contribution in [3.05, 3.63) is 28.8 Å². The quantitative estimate of drug-likeness (QED) is 0.897. The molecule has 1 aromatic carbocycles. The number of phenols is 1. The average Bonchev–Trinajstić information content (AvgIpc) is 2.91. The third kappa shape index (κ3) is 2.91. The number of aromatic hydroxyl groups is 1. The van der Waals surface area contributed by atoms with Crippen LogP contribution in [0.5, 0.6) is 5.75 Å². The van der Waals surface area contributed by atoms with E-state index in [1.54, 1.807) is 6.07 Å². The number of carbonyl (C=O) groups excluding carboxylic acids is 1. The van der Waals surface area contributed by atoms with E-state index in [0.29, 0.717) is 24.6 Å². The molecular weight excluding hydrogens is 276 g/mol. The van der Waals surface area contributed by atoms with Crippen molar-refractivity contribution in [3.8, 4) is 5.75 Å². The second-order valence-electron chi connectivity index (χ2n) is 5.25. The summed E-state index contributed by atoms with van der Waals surface area (Å²) in [4.78, 5) is 14.5. The largest absolute Gasteiger partial charge is 0.506 e. The predicted molar refractivity (Wildman–Crippen MR) is 80.0 cm³/mol. The Hall–Kier alpha value is -1.26. The molecule has 1 aromatic rings. The molecule has 0 saturated heterocycles. The number of carbonyl (C=O) groups is 1. The van der Waals surface area contributed by atoms with Gasteiger partial charge in [-0.15, -0.1) is 0 Å². The van der Waals surface area contributed by atoms with E-state index in [9.17, 15) is 9.90 Å². The topological polar surface area (TPSA) is 66.6 Å². The highest BCUT2D eigenvalue weighted by atomic mass is 35.5. The smallest absolute Gasteiger partial charge is 0.254 e. The van der Waals surface area contributed by atoms with E-state index in [0.717, 1.165) is 19.3 Å². The van der Waals surface area contributed by atoms with Gasteiger partial charge < -0.3 is 15.7 Å². The number of hydrogen-bond donors (Lipinski definition) is 2. The second kappa shape index (κ2) is 6.46. The Morgan fingerprint density at radius 3 is 2.85 bits per heavy atom. The minimum absolute atomic E-state index is 0.00744. The van der Waals surface area contributed by atoms with E-state index < -0.39 is 0 Å². The van der Waals surface area contributed by atoms with Gasteiger partial charge in [0.1, 0.15) is 5.75 Å². The summed E-state index contributed by atoms with van der Waals surface area (Å²) >= 11 is 5.88. The lowest BCUT2D eigenvalue weighted by molar-refractivity contribution is 0.0652. The van der Waals surface area contributed by atoms with Crippen molar-refractivity contribution in [2.75, 3.05) is 13.1 Å². The molecule has 1 aliphatic carbocycles. The first kappa shape index (κ1) is 15.1. The van der Waals surface area contributed by atoms with Crippen LogP contribution in [0.4, 0.5) is 0 Å². The van der Waals surface area contributed by atoms with Gasteiger partial charge in [-0.3, -0.25) is 4.79 Å². The third-order valence-electron chi connectivity index (χ3n) is 4.12. The number of rotatable bonds is 4. The van der Waals surface area contributed by atoms with Gasteiger partial charge in [0, 0.05) is 18.2 Å². The number of amides is 1. The Labute approximate surface area is 124 Å². The van der Waals surface area contributed by atoms with Gasteiger partial charge >= 0.3 is 0 Å². The number of benzene rings is 1. The molecule has 20 heavy (non-hydrogen) atoms. The SMILES string of the molecule is CCN(C(=O)c1ccc(O)c(Cl)c1)C1CCCC1CN. The number of halogens is 1. The van der Waals surface area contributed by atoms with Crippen LogP contribution >= 0.6 is 11.6 Å². The molecule has 1 fully saturated rings. The standard InChI is InChI=1S/C15H21ClN2O2/c1-2-18(13-5-3-4-11(13)9-17)15(20)10-6-7-14(19)12(16)8-10/h6-8,11,13,19H,2-5,9,17H2,1H3. The summed E-state index contributed by atoms with van der Waals surface area (Å²) in [6.07, 6.45) is 3.21. The number of hydrogen-bond acceptors (Lipinski definition) is 3. The Morgan fingerprint density at radius 2 is 2.25 bits per heavy atom. The molecule has 2 atom stereocenters. The van der Waals surface area contributed by atoms with E-state index in [-0.39, 0.29) is 22.7 Å². The molecule has 0 spiro atoms. The lowest BCUT2D eigenvalue weighted by atomic mass is 10.0. The minimum atomic E-state index is -0.0419. The molecule has 110 valence electrons. The molecule has 3 N–H and O–H groups in total. The van der Waals surface area contributed by atoms with Crippen LogP contribution in [0.25, 0.3) is 0 Å². The van der Waals surface area contributed by atoms with Crippen molar-refractivity contribution in [1.82, 2.24) is 4.90 Å². The zero-order valence-electron chi connectivity index (χ0n) is 11.7. The molecule has 1 saturated carbocycles. The van der Waals surface area contributed by atoms with Gasteiger partial charge in [-0.25, -0.2) is 0 Å². The summed E-state index contributed by atoms with van der Waals surface area (Å²) in [5, 5.41) is 9.64. The van der Waals surface area contributed by atoms with Crippen LogP contribution in [0, 0.1) is 5.92 Å². The molecule has 1 amide bonds. The average molecular weight is 297 g/mol. The fourth-order valence-corrected chi connectivity index (χ4v) is 3.22. The van der Waals surface area contributed by atoms with Crippen LogP contribution < -0.4 is 5.73 Å². The highest BCUT2D eigenvalue weighted by Gasteiger charge is 2.33. The predicted octanol–water partition coefficient (Wildman–Crippen LogP) is 2.64. The number of nitrogens with two attached hydrogens (primary N) is 1. The Bertz CT molecular complexity index is 493. The Morgan fingerprint density at radius 1 is 1.50 bits per heavy atom. The van der Waals surface area contributed by atoms with Crippen LogP contribution in [0.15, 0.2) is 18.2 Å². The lowest BCUT2D eigenvalue weighted by Gasteiger charge is -2.32. The van der Waals surface area contributed by atoms with E-state index >= 15 is 0 Å². The van der Waals surface area contributed by atoms with E-state index in [1.807, 2.05) is 11.8 Å². The van der Waals surface area contributed by atoms with Crippen LogP contribution in [-0.4, -0.2) is 35.0 Å². The van der Waals surface area contributed by atoms with Crippen molar-refractivity contribution < 1.29 is 9.90 Å². The summed E-state index contributed by atoms with van der Waals surface area (Å²) in [5.74, 6) is 0.332. The lowest BCUT2D eigenvalue weighted by Crippen LogP contribution is -2.44. The first-order chi connectivity index (χ1) is 9.58. The highest BCUT2D eigenvalue weighted by Crippen LogP contribution is 2.31. The summed E-state index contributed by atoms with van der Waals surface area (Å²) in [6, 6.07) is 4.80. The first-order valence-corrected chi connectivity index (χ1v) is 7.45. The van der Waals surface area contributed by atoms with Crippen LogP contribution in [0.2, 0.25) is 5.02 Å². The summed E-state index contributed by atoms with van der Waals surface area (Å²) < 4.78 is 0. The van der Waals surface area contributed by atoms with Crippen molar-refractivity contribution >= 4 is 17.5 Å². The molecule has 0 radical (unpaired) electrons. The number of nitrogens with zero attached hydrogens (tertiary/aromatic N) is 1. The molecule has 0 aromatic heterocycles. The molecule has 4 nitrogen and oxygen atoms in total.